The molecule has 2 saturated carbocycles. The van der Waals surface area contributed by atoms with Crippen LogP contribution in [-0.2, 0) is 9.47 Å². The topological polar surface area (TPSA) is 185 Å². The van der Waals surface area contributed by atoms with E-state index >= 15 is 0 Å². The number of aliphatic hydroxyl groups excluding tert-OH is 1. The van der Waals surface area contributed by atoms with Gasteiger partial charge < -0.3 is 29.3 Å². The number of hydrogen-bond acceptors (Lipinski definition) is 12. The number of hydrogen-bond donors (Lipinski definition) is 3. The molecule has 4 aromatic heterocycles. The van der Waals surface area contributed by atoms with Gasteiger partial charge in [0.25, 0.3) is 0 Å². The molecule has 0 unspecified atom stereocenters. The first kappa shape index (κ1) is 35.0. The van der Waals surface area contributed by atoms with E-state index in [4.69, 9.17) is 31.1 Å². The van der Waals surface area contributed by atoms with Gasteiger partial charge in [0.05, 0.1) is 54.4 Å². The Labute approximate surface area is 290 Å². The van der Waals surface area contributed by atoms with Crippen LogP contribution < -0.4 is 4.74 Å². The molecular formula is C34H43ClN10O4. The molecule has 4 fully saturated rings. The first-order valence-corrected chi connectivity index (χ1v) is 17.5. The molecule has 0 spiro atoms. The SMILES string of the molecule is N#Cc1c[nH]c2ncnc(Cl)c12.N#Cc1c[nH]c2ncnc(OC3CCC(N4CCOCC4)CC3)c12.OC1CCC(N2CCOCC2)CC1. The maximum absolute atomic E-state index is 9.38. The normalized spacial score (nSPS) is 24.9. The second-order valence-electron chi connectivity index (χ2n) is 12.7. The predicted octanol–water partition coefficient (Wildman–Crippen LogP) is 3.96. The number of nitriles is 2. The number of aliphatic hydroxyl groups is 1. The molecule has 0 bridgehead atoms. The Hall–Kier alpha value is -3.89. The summed E-state index contributed by atoms with van der Waals surface area (Å²) in [6, 6.07) is 5.52. The Morgan fingerprint density at radius 1 is 0.714 bits per heavy atom. The Morgan fingerprint density at radius 3 is 1.76 bits per heavy atom. The fourth-order valence-electron chi connectivity index (χ4n) is 7.12. The van der Waals surface area contributed by atoms with Crippen LogP contribution in [0.2, 0.25) is 5.15 Å². The molecule has 0 amide bonds. The highest BCUT2D eigenvalue weighted by molar-refractivity contribution is 6.34. The molecule has 8 rings (SSSR count). The standard InChI is InChI=1S/C17H21N5O2.C10H19NO2.C7H3ClN4/c18-9-12-10-19-16-15(12)17(21-11-20-16)24-14-3-1-13(2-4-14)22-5-7-23-8-6-22;12-10-3-1-9(2-4-10)11-5-7-13-8-6-11;8-6-5-4(1-9)2-10-7(5)12-3-11-6/h10-11,13-14H,1-8H2,(H,19,20,21);9-10,12H,1-8H2;2-3H,(H,10,11,12). The van der Waals surface area contributed by atoms with Crippen molar-refractivity contribution in [1.29, 1.82) is 10.5 Å². The van der Waals surface area contributed by atoms with Crippen molar-refractivity contribution in [2.75, 3.05) is 52.6 Å². The van der Waals surface area contributed by atoms with Gasteiger partial charge in [0.1, 0.15) is 47.3 Å². The Bertz CT molecular complexity index is 1720. The van der Waals surface area contributed by atoms with Crippen molar-refractivity contribution in [3.63, 3.8) is 0 Å². The molecule has 0 radical (unpaired) electrons. The number of nitrogens with zero attached hydrogens (tertiary/aromatic N) is 8. The lowest BCUT2D eigenvalue weighted by atomic mass is 9.91. The first-order chi connectivity index (χ1) is 24.0. The van der Waals surface area contributed by atoms with Crippen LogP contribution in [0, 0.1) is 22.7 Å². The second kappa shape index (κ2) is 17.2. The average molecular weight is 691 g/mol. The van der Waals surface area contributed by atoms with Gasteiger partial charge in [0, 0.05) is 50.7 Å². The maximum Gasteiger partial charge on any atom is 0.227 e. The number of aromatic amines is 2. The van der Waals surface area contributed by atoms with Crippen LogP contribution in [0.4, 0.5) is 0 Å². The van der Waals surface area contributed by atoms with E-state index in [-0.39, 0.29) is 12.2 Å². The summed E-state index contributed by atoms with van der Waals surface area (Å²) in [5.74, 6) is 0.521. The molecule has 2 aliphatic carbocycles. The summed E-state index contributed by atoms with van der Waals surface area (Å²) < 4.78 is 16.9. The Balaban J connectivity index is 0.000000140. The van der Waals surface area contributed by atoms with E-state index < -0.39 is 0 Å². The zero-order chi connectivity index (χ0) is 34.0. The zero-order valence-electron chi connectivity index (χ0n) is 27.6. The number of halogens is 1. The van der Waals surface area contributed by atoms with E-state index in [0.717, 1.165) is 91.1 Å². The molecule has 2 saturated heterocycles. The second-order valence-corrected chi connectivity index (χ2v) is 13.1. The summed E-state index contributed by atoms with van der Waals surface area (Å²) in [6.45, 7) is 7.72. The van der Waals surface area contributed by atoms with E-state index in [1.54, 1.807) is 12.4 Å². The number of H-pyrrole nitrogens is 2. The van der Waals surface area contributed by atoms with Crippen molar-refractivity contribution in [1.82, 2.24) is 39.7 Å². The fourth-order valence-corrected chi connectivity index (χ4v) is 7.35. The lowest BCUT2D eigenvalue weighted by Crippen LogP contribution is -2.46. The number of ether oxygens (including phenoxy) is 3. The predicted molar refractivity (Wildman–Crippen MR) is 182 cm³/mol. The van der Waals surface area contributed by atoms with Gasteiger partial charge in [-0.05, 0) is 51.4 Å². The molecule has 6 heterocycles. The zero-order valence-corrected chi connectivity index (χ0v) is 28.3. The van der Waals surface area contributed by atoms with Crippen molar-refractivity contribution in [3.05, 3.63) is 41.3 Å². The van der Waals surface area contributed by atoms with Crippen LogP contribution in [0.25, 0.3) is 22.1 Å². The van der Waals surface area contributed by atoms with Crippen molar-refractivity contribution in [3.8, 4) is 18.0 Å². The molecule has 4 aromatic rings. The van der Waals surface area contributed by atoms with Gasteiger partial charge in [-0.3, -0.25) is 9.80 Å². The number of fused-ring (bicyclic) bond motifs is 2. The van der Waals surface area contributed by atoms with Gasteiger partial charge >= 0.3 is 0 Å². The molecular weight excluding hydrogens is 648 g/mol. The third-order valence-electron chi connectivity index (χ3n) is 9.81. The highest BCUT2D eigenvalue weighted by Crippen LogP contribution is 2.31. The van der Waals surface area contributed by atoms with Crippen molar-refractivity contribution >= 4 is 33.7 Å². The molecule has 15 heteroatoms. The van der Waals surface area contributed by atoms with Gasteiger partial charge in [-0.15, -0.1) is 0 Å². The molecule has 2 aliphatic heterocycles. The van der Waals surface area contributed by atoms with Crippen molar-refractivity contribution < 1.29 is 19.3 Å². The van der Waals surface area contributed by atoms with Crippen LogP contribution in [0.3, 0.4) is 0 Å². The van der Waals surface area contributed by atoms with E-state index in [1.807, 2.05) is 6.07 Å². The largest absolute Gasteiger partial charge is 0.474 e. The van der Waals surface area contributed by atoms with E-state index in [1.165, 1.54) is 25.5 Å². The lowest BCUT2D eigenvalue weighted by molar-refractivity contribution is -0.00366. The number of aromatic nitrogens is 6. The third kappa shape index (κ3) is 8.83. The van der Waals surface area contributed by atoms with Gasteiger partial charge in [0.2, 0.25) is 5.88 Å². The van der Waals surface area contributed by atoms with Gasteiger partial charge in [-0.2, -0.15) is 10.5 Å². The number of morpholine rings is 2. The molecule has 14 nitrogen and oxygen atoms in total. The average Bonchev–Trinajstić information content (AvgIpc) is 3.79. The Kier molecular flexibility index (Phi) is 12.2. The minimum absolute atomic E-state index is 0.0303. The summed E-state index contributed by atoms with van der Waals surface area (Å²) in [7, 11) is 0. The van der Waals surface area contributed by atoms with Gasteiger partial charge in [0.15, 0.2) is 0 Å². The summed E-state index contributed by atoms with van der Waals surface area (Å²) >= 11 is 5.76. The van der Waals surface area contributed by atoms with Crippen LogP contribution in [-0.4, -0.2) is 122 Å². The minimum Gasteiger partial charge on any atom is -0.474 e. The van der Waals surface area contributed by atoms with Crippen LogP contribution in [0.5, 0.6) is 5.88 Å². The molecule has 4 aliphatic rings. The summed E-state index contributed by atoms with van der Waals surface area (Å²) in [5, 5.41) is 28.9. The lowest BCUT2D eigenvalue weighted by Gasteiger charge is -2.38. The smallest absolute Gasteiger partial charge is 0.227 e. The van der Waals surface area contributed by atoms with E-state index in [0.29, 0.717) is 56.3 Å². The fraction of sp³-hybridized carbons (Fsp3) is 0.588. The van der Waals surface area contributed by atoms with Crippen LogP contribution in [0.1, 0.15) is 62.5 Å². The molecule has 260 valence electrons. The van der Waals surface area contributed by atoms with Crippen LogP contribution in [0.15, 0.2) is 25.0 Å². The maximum atomic E-state index is 9.38. The minimum atomic E-state index is -0.0303. The number of nitrogens with one attached hydrogen (secondary N) is 2. The number of rotatable bonds is 4. The highest BCUT2D eigenvalue weighted by atomic mass is 35.5. The highest BCUT2D eigenvalue weighted by Gasteiger charge is 2.29. The molecule has 3 N–H and O–H groups in total. The molecule has 0 atom stereocenters. The summed E-state index contributed by atoms with van der Waals surface area (Å²) in [6.07, 6.45) is 14.8. The van der Waals surface area contributed by atoms with E-state index in [2.05, 4.69) is 45.8 Å². The third-order valence-corrected chi connectivity index (χ3v) is 10.1. The van der Waals surface area contributed by atoms with Gasteiger partial charge in [-0.25, -0.2) is 19.9 Å². The van der Waals surface area contributed by atoms with Crippen molar-refractivity contribution in [2.24, 2.45) is 0 Å². The van der Waals surface area contributed by atoms with Crippen LogP contribution >= 0.6 is 11.6 Å². The first-order valence-electron chi connectivity index (χ1n) is 17.1. The van der Waals surface area contributed by atoms with Gasteiger partial charge in [-0.1, -0.05) is 11.6 Å². The van der Waals surface area contributed by atoms with E-state index in [9.17, 15) is 10.4 Å². The molecule has 49 heavy (non-hydrogen) atoms. The summed E-state index contributed by atoms with van der Waals surface area (Å²) in [5.41, 5.74) is 2.24. The van der Waals surface area contributed by atoms with Crippen molar-refractivity contribution in [2.45, 2.75) is 75.7 Å². The molecule has 0 aromatic carbocycles. The monoisotopic (exact) mass is 690 g/mol. The summed E-state index contributed by atoms with van der Waals surface area (Å²) in [4.78, 5) is 27.0. The quantitative estimate of drug-likeness (QED) is 0.262. The Morgan fingerprint density at radius 2 is 1.20 bits per heavy atom.